The number of thioether (sulfide) groups is 1. The first-order chi connectivity index (χ1) is 9.49. The first-order valence-electron chi connectivity index (χ1n) is 6.13. The van der Waals surface area contributed by atoms with Gasteiger partial charge in [-0.05, 0) is 54.0 Å². The maximum Gasteiger partial charge on any atom is 0.192 e. The van der Waals surface area contributed by atoms with Gasteiger partial charge in [-0.15, -0.1) is 11.8 Å². The minimum absolute atomic E-state index is 0.0796. The van der Waals surface area contributed by atoms with Gasteiger partial charge in [-0.3, -0.25) is 9.48 Å². The zero-order valence-electron chi connectivity index (χ0n) is 11.1. The molecule has 20 heavy (non-hydrogen) atoms. The number of rotatable bonds is 5. The second-order valence-electron chi connectivity index (χ2n) is 4.55. The highest BCUT2D eigenvalue weighted by molar-refractivity contribution is 9.10. The van der Waals surface area contributed by atoms with Gasteiger partial charge in [0.05, 0.1) is 16.4 Å². The van der Waals surface area contributed by atoms with Crippen molar-refractivity contribution in [2.75, 3.05) is 5.75 Å². The van der Waals surface area contributed by atoms with Crippen molar-refractivity contribution < 1.29 is 4.79 Å². The summed E-state index contributed by atoms with van der Waals surface area (Å²) in [6.45, 7) is 4.02. The molecule has 0 unspecified atom stereocenters. The predicted molar refractivity (Wildman–Crippen MR) is 89.5 cm³/mol. The number of hydrogen-bond donors (Lipinski definition) is 0. The zero-order valence-corrected chi connectivity index (χ0v) is 15.1. The molecule has 0 aliphatic carbocycles. The van der Waals surface area contributed by atoms with E-state index in [0.29, 0.717) is 11.4 Å². The van der Waals surface area contributed by atoms with Crippen molar-refractivity contribution in [3.63, 3.8) is 0 Å². The van der Waals surface area contributed by atoms with E-state index in [4.69, 9.17) is 0 Å². The number of aromatic nitrogens is 2. The second kappa shape index (κ2) is 6.91. The molecule has 2 rings (SSSR count). The fourth-order valence-electron chi connectivity index (χ4n) is 1.74. The van der Waals surface area contributed by atoms with Gasteiger partial charge >= 0.3 is 0 Å². The van der Waals surface area contributed by atoms with Crippen molar-refractivity contribution in [1.82, 2.24) is 9.78 Å². The summed E-state index contributed by atoms with van der Waals surface area (Å²) < 4.78 is 3.55. The van der Waals surface area contributed by atoms with Crippen molar-refractivity contribution in [1.29, 1.82) is 0 Å². The van der Waals surface area contributed by atoms with Crippen molar-refractivity contribution in [2.24, 2.45) is 0 Å². The van der Waals surface area contributed by atoms with Crippen LogP contribution < -0.4 is 0 Å². The van der Waals surface area contributed by atoms with E-state index in [-0.39, 0.29) is 11.8 Å². The van der Waals surface area contributed by atoms with Gasteiger partial charge in [0.15, 0.2) is 5.78 Å². The molecular formula is C14H14Br2N2OS. The number of benzene rings is 1. The van der Waals surface area contributed by atoms with Crippen LogP contribution in [0.3, 0.4) is 0 Å². The summed E-state index contributed by atoms with van der Waals surface area (Å²) in [7, 11) is 0. The SMILES string of the molecule is CC(C)n1ncc(Br)c1C(=O)CSc1ccc(Br)cc1. The van der Waals surface area contributed by atoms with Gasteiger partial charge in [0.25, 0.3) is 0 Å². The van der Waals surface area contributed by atoms with E-state index in [1.165, 1.54) is 11.8 Å². The summed E-state index contributed by atoms with van der Waals surface area (Å²) in [5, 5.41) is 4.24. The van der Waals surface area contributed by atoms with Gasteiger partial charge in [-0.2, -0.15) is 5.10 Å². The molecule has 0 aliphatic rings. The van der Waals surface area contributed by atoms with Crippen molar-refractivity contribution in [3.05, 3.63) is 45.1 Å². The van der Waals surface area contributed by atoms with Crippen LogP contribution in [0.4, 0.5) is 0 Å². The summed E-state index contributed by atoms with van der Waals surface area (Å²) in [6, 6.07) is 8.11. The summed E-state index contributed by atoms with van der Waals surface area (Å²) in [5.74, 6) is 0.481. The highest BCUT2D eigenvalue weighted by Gasteiger charge is 2.18. The van der Waals surface area contributed by atoms with E-state index in [1.54, 1.807) is 10.9 Å². The third-order valence-corrected chi connectivity index (χ3v) is 4.81. The lowest BCUT2D eigenvalue weighted by atomic mass is 10.3. The fourth-order valence-corrected chi connectivity index (χ4v) is 3.26. The Bertz CT molecular complexity index is 608. The Hall–Kier alpha value is -0.590. The number of carbonyl (C=O) groups excluding carboxylic acids is 1. The molecule has 1 aromatic heterocycles. The Labute approximate surface area is 139 Å². The van der Waals surface area contributed by atoms with Crippen LogP contribution in [0.25, 0.3) is 0 Å². The molecule has 0 radical (unpaired) electrons. The zero-order chi connectivity index (χ0) is 14.7. The number of nitrogens with zero attached hydrogens (tertiary/aromatic N) is 2. The first-order valence-corrected chi connectivity index (χ1v) is 8.70. The van der Waals surface area contributed by atoms with Gasteiger partial charge < -0.3 is 0 Å². The maximum absolute atomic E-state index is 12.4. The van der Waals surface area contributed by atoms with Crippen LogP contribution in [0, 0.1) is 0 Å². The van der Waals surface area contributed by atoms with Crippen LogP contribution in [-0.2, 0) is 0 Å². The molecule has 0 N–H and O–H groups in total. The monoisotopic (exact) mass is 416 g/mol. The number of carbonyl (C=O) groups is 1. The lowest BCUT2D eigenvalue weighted by Crippen LogP contribution is -2.14. The topological polar surface area (TPSA) is 34.9 Å². The minimum atomic E-state index is 0.0796. The number of hydrogen-bond acceptors (Lipinski definition) is 3. The van der Waals surface area contributed by atoms with Crippen LogP contribution in [0.5, 0.6) is 0 Å². The van der Waals surface area contributed by atoms with Gasteiger partial charge in [0, 0.05) is 15.4 Å². The van der Waals surface area contributed by atoms with E-state index in [9.17, 15) is 4.79 Å². The standard InChI is InChI=1S/C14H14Br2N2OS/c1-9(2)18-14(12(16)7-17-18)13(19)8-20-11-5-3-10(15)4-6-11/h3-7,9H,8H2,1-2H3. The summed E-state index contributed by atoms with van der Waals surface area (Å²) in [5.41, 5.74) is 0.643. The average molecular weight is 418 g/mol. The normalized spacial score (nSPS) is 11.1. The Morgan fingerprint density at radius 1 is 1.30 bits per heavy atom. The molecule has 3 nitrogen and oxygen atoms in total. The van der Waals surface area contributed by atoms with Crippen molar-refractivity contribution >= 4 is 49.4 Å². The lowest BCUT2D eigenvalue weighted by molar-refractivity contribution is 0.101. The Morgan fingerprint density at radius 2 is 1.95 bits per heavy atom. The Kier molecular flexibility index (Phi) is 5.46. The molecule has 0 fully saturated rings. The van der Waals surface area contributed by atoms with Gasteiger partial charge in [0.1, 0.15) is 5.69 Å². The molecular weight excluding hydrogens is 404 g/mol. The Morgan fingerprint density at radius 3 is 2.55 bits per heavy atom. The van der Waals surface area contributed by atoms with Crippen LogP contribution in [0.2, 0.25) is 0 Å². The highest BCUT2D eigenvalue weighted by atomic mass is 79.9. The molecule has 0 bridgehead atoms. The summed E-state index contributed by atoms with van der Waals surface area (Å²) in [4.78, 5) is 13.4. The lowest BCUT2D eigenvalue weighted by Gasteiger charge is -2.10. The maximum atomic E-state index is 12.4. The molecule has 0 saturated heterocycles. The van der Waals surface area contributed by atoms with E-state index < -0.39 is 0 Å². The second-order valence-corrected chi connectivity index (χ2v) is 7.36. The van der Waals surface area contributed by atoms with Gasteiger partial charge in [0.2, 0.25) is 0 Å². The highest BCUT2D eigenvalue weighted by Crippen LogP contribution is 2.25. The molecule has 1 aromatic carbocycles. The van der Waals surface area contributed by atoms with E-state index >= 15 is 0 Å². The molecule has 106 valence electrons. The minimum Gasteiger partial charge on any atom is -0.291 e. The molecule has 0 saturated carbocycles. The predicted octanol–water partition coefficient (Wildman–Crippen LogP) is 4.96. The third-order valence-electron chi connectivity index (χ3n) is 2.69. The number of ketones is 1. The van der Waals surface area contributed by atoms with Crippen molar-refractivity contribution in [2.45, 2.75) is 24.8 Å². The molecule has 6 heteroatoms. The number of Topliss-reactive ketones (excluding diaryl/α,β-unsaturated/α-hetero) is 1. The van der Waals surface area contributed by atoms with Crippen LogP contribution in [0.15, 0.2) is 44.3 Å². The van der Waals surface area contributed by atoms with Crippen molar-refractivity contribution in [3.8, 4) is 0 Å². The van der Waals surface area contributed by atoms with E-state index in [0.717, 1.165) is 13.8 Å². The third kappa shape index (κ3) is 3.74. The quantitative estimate of drug-likeness (QED) is 0.509. The smallest absolute Gasteiger partial charge is 0.192 e. The summed E-state index contributed by atoms with van der Waals surface area (Å²) >= 11 is 8.33. The van der Waals surface area contributed by atoms with Crippen LogP contribution in [0.1, 0.15) is 30.4 Å². The molecule has 1 heterocycles. The molecule has 0 atom stereocenters. The van der Waals surface area contributed by atoms with Gasteiger partial charge in [-0.1, -0.05) is 15.9 Å². The molecule has 2 aromatic rings. The molecule has 0 spiro atoms. The largest absolute Gasteiger partial charge is 0.291 e. The van der Waals surface area contributed by atoms with Crippen LogP contribution in [-0.4, -0.2) is 21.3 Å². The molecule has 0 aliphatic heterocycles. The van der Waals surface area contributed by atoms with Gasteiger partial charge in [-0.25, -0.2) is 0 Å². The fraction of sp³-hybridized carbons (Fsp3) is 0.286. The average Bonchev–Trinajstić information content (AvgIpc) is 2.80. The first kappa shape index (κ1) is 15.8. The van der Waals surface area contributed by atoms with E-state index in [1.807, 2.05) is 38.1 Å². The molecule has 0 amide bonds. The van der Waals surface area contributed by atoms with E-state index in [2.05, 4.69) is 37.0 Å². The summed E-state index contributed by atoms with van der Waals surface area (Å²) in [6.07, 6.45) is 1.68. The Balaban J connectivity index is 2.09. The number of halogens is 2. The van der Waals surface area contributed by atoms with Crippen LogP contribution >= 0.6 is 43.6 Å².